The Balaban J connectivity index is 1.50. The lowest BCUT2D eigenvalue weighted by Crippen LogP contribution is -2.29. The Morgan fingerprint density at radius 3 is 2.92 bits per heavy atom. The van der Waals surface area contributed by atoms with Crippen LogP contribution < -0.4 is 10.1 Å². The van der Waals surface area contributed by atoms with Crippen LogP contribution in [0.25, 0.3) is 11.0 Å². The minimum atomic E-state index is -0.400. The van der Waals surface area contributed by atoms with Crippen molar-refractivity contribution in [2.75, 3.05) is 12.4 Å². The summed E-state index contributed by atoms with van der Waals surface area (Å²) in [5.41, 5.74) is 2.42. The quantitative estimate of drug-likeness (QED) is 0.733. The summed E-state index contributed by atoms with van der Waals surface area (Å²) in [5, 5.41) is 18.1. The molecule has 0 spiro atoms. The summed E-state index contributed by atoms with van der Waals surface area (Å²) in [6, 6.07) is 7.55. The van der Waals surface area contributed by atoms with Gasteiger partial charge in [0.25, 0.3) is 0 Å². The molecule has 2 aromatic heterocycles. The van der Waals surface area contributed by atoms with Gasteiger partial charge in [0.2, 0.25) is 0 Å². The number of anilines is 1. The third-order valence-corrected chi connectivity index (χ3v) is 5.00. The van der Waals surface area contributed by atoms with Crippen molar-refractivity contribution >= 4 is 16.9 Å². The van der Waals surface area contributed by atoms with E-state index in [1.807, 2.05) is 42.1 Å². The van der Waals surface area contributed by atoms with Crippen molar-refractivity contribution in [3.63, 3.8) is 0 Å². The fourth-order valence-corrected chi connectivity index (χ4v) is 3.66. The maximum absolute atomic E-state index is 10.5. The molecular formula is C19H23N5O2. The number of aryl methyl sites for hydroxylation is 1. The van der Waals surface area contributed by atoms with Crippen LogP contribution in [0.4, 0.5) is 5.82 Å². The van der Waals surface area contributed by atoms with Crippen LogP contribution in [-0.2, 0) is 6.54 Å². The van der Waals surface area contributed by atoms with Gasteiger partial charge in [-0.3, -0.25) is 4.68 Å². The molecule has 0 radical (unpaired) electrons. The topological polar surface area (TPSA) is 85.1 Å². The average Bonchev–Trinajstić information content (AvgIpc) is 3.25. The van der Waals surface area contributed by atoms with Gasteiger partial charge >= 0.3 is 0 Å². The molecule has 0 saturated heterocycles. The van der Waals surface area contributed by atoms with Gasteiger partial charge in [-0.1, -0.05) is 0 Å². The van der Waals surface area contributed by atoms with Gasteiger partial charge in [0.15, 0.2) is 0 Å². The molecule has 7 nitrogen and oxygen atoms in total. The zero-order valence-electron chi connectivity index (χ0n) is 15.0. The van der Waals surface area contributed by atoms with E-state index >= 15 is 0 Å². The number of benzene rings is 1. The van der Waals surface area contributed by atoms with E-state index in [4.69, 9.17) is 9.72 Å². The number of aliphatic hydroxyl groups excluding tert-OH is 1. The molecular weight excluding hydrogens is 330 g/mol. The Kier molecular flexibility index (Phi) is 4.46. The van der Waals surface area contributed by atoms with Gasteiger partial charge in [-0.25, -0.2) is 9.97 Å². The maximum Gasteiger partial charge on any atom is 0.148 e. The van der Waals surface area contributed by atoms with E-state index in [1.165, 1.54) is 0 Å². The SMILES string of the molecule is COc1ccc2nc(N[C@@H]3CC(Cn4cccn4)C[C@H]3O)c(C)nc2c1. The summed E-state index contributed by atoms with van der Waals surface area (Å²) in [6.07, 6.45) is 4.98. The van der Waals surface area contributed by atoms with E-state index in [2.05, 4.69) is 15.4 Å². The van der Waals surface area contributed by atoms with Crippen LogP contribution >= 0.6 is 0 Å². The Morgan fingerprint density at radius 1 is 1.27 bits per heavy atom. The van der Waals surface area contributed by atoms with Gasteiger partial charge in [0, 0.05) is 25.0 Å². The van der Waals surface area contributed by atoms with Crippen molar-refractivity contribution in [2.45, 2.75) is 38.5 Å². The van der Waals surface area contributed by atoms with Crippen molar-refractivity contribution in [1.29, 1.82) is 0 Å². The number of nitrogens with one attached hydrogen (secondary N) is 1. The predicted octanol–water partition coefficient (Wildman–Crippen LogP) is 2.39. The monoisotopic (exact) mass is 353 g/mol. The van der Waals surface area contributed by atoms with E-state index in [0.29, 0.717) is 5.92 Å². The van der Waals surface area contributed by atoms with Gasteiger partial charge < -0.3 is 15.2 Å². The lowest BCUT2D eigenvalue weighted by atomic mass is 10.1. The summed E-state index contributed by atoms with van der Waals surface area (Å²) in [4.78, 5) is 9.32. The first kappa shape index (κ1) is 16.8. The van der Waals surface area contributed by atoms with Crippen LogP contribution in [0, 0.1) is 12.8 Å². The normalized spacial score (nSPS) is 22.7. The van der Waals surface area contributed by atoms with Gasteiger partial charge in [-0.2, -0.15) is 5.10 Å². The Bertz CT molecular complexity index is 896. The molecule has 3 aromatic rings. The van der Waals surface area contributed by atoms with Gasteiger partial charge in [-0.15, -0.1) is 0 Å². The molecule has 1 aromatic carbocycles. The minimum absolute atomic E-state index is 0.0285. The molecule has 7 heteroatoms. The Hall–Kier alpha value is -2.67. The van der Waals surface area contributed by atoms with Gasteiger partial charge in [0.1, 0.15) is 11.6 Å². The van der Waals surface area contributed by atoms with E-state index in [1.54, 1.807) is 13.3 Å². The highest BCUT2D eigenvalue weighted by atomic mass is 16.5. The minimum Gasteiger partial charge on any atom is -0.497 e. The van der Waals surface area contributed by atoms with Crippen molar-refractivity contribution in [3.05, 3.63) is 42.4 Å². The number of methoxy groups -OCH3 is 1. The summed E-state index contributed by atoms with van der Waals surface area (Å²) in [7, 11) is 1.64. The van der Waals surface area contributed by atoms with Crippen LogP contribution in [0.15, 0.2) is 36.7 Å². The van der Waals surface area contributed by atoms with E-state index < -0.39 is 6.10 Å². The fraction of sp³-hybridized carbons (Fsp3) is 0.421. The zero-order valence-corrected chi connectivity index (χ0v) is 15.0. The summed E-state index contributed by atoms with van der Waals surface area (Å²) in [5.74, 6) is 1.88. The standard InChI is InChI=1S/C19H23N5O2/c1-12-19(22-15-5-4-14(26-2)10-16(15)21-12)23-17-8-13(9-18(17)25)11-24-7-3-6-20-24/h3-7,10,13,17-18,25H,8-9,11H2,1-2H3,(H,22,23)/t13?,17-,18-/m1/s1. The van der Waals surface area contributed by atoms with Crippen molar-refractivity contribution < 1.29 is 9.84 Å². The number of aliphatic hydroxyl groups is 1. The first-order valence-electron chi connectivity index (χ1n) is 8.87. The number of aromatic nitrogens is 4. The molecule has 1 aliphatic carbocycles. The molecule has 1 unspecified atom stereocenters. The smallest absolute Gasteiger partial charge is 0.148 e. The second-order valence-corrected chi connectivity index (χ2v) is 6.90. The molecule has 0 amide bonds. The predicted molar refractivity (Wildman–Crippen MR) is 99.2 cm³/mol. The summed E-state index contributed by atoms with van der Waals surface area (Å²) >= 11 is 0. The molecule has 1 aliphatic rings. The maximum atomic E-state index is 10.5. The number of fused-ring (bicyclic) bond motifs is 1. The third kappa shape index (κ3) is 3.35. The van der Waals surface area contributed by atoms with Crippen LogP contribution in [-0.4, -0.2) is 44.1 Å². The van der Waals surface area contributed by atoms with Gasteiger partial charge in [0.05, 0.1) is 36.0 Å². The van der Waals surface area contributed by atoms with Crippen LogP contribution in [0.2, 0.25) is 0 Å². The summed E-state index contributed by atoms with van der Waals surface area (Å²) in [6.45, 7) is 2.75. The molecule has 0 bridgehead atoms. The van der Waals surface area contributed by atoms with Crippen LogP contribution in [0.5, 0.6) is 5.75 Å². The lowest BCUT2D eigenvalue weighted by molar-refractivity contribution is 0.166. The van der Waals surface area contributed by atoms with E-state index in [0.717, 1.165) is 47.7 Å². The molecule has 1 saturated carbocycles. The first-order chi connectivity index (χ1) is 12.6. The van der Waals surface area contributed by atoms with Crippen molar-refractivity contribution in [3.8, 4) is 5.75 Å². The highest BCUT2D eigenvalue weighted by Crippen LogP contribution is 2.30. The molecule has 1 fully saturated rings. The second-order valence-electron chi connectivity index (χ2n) is 6.90. The fourth-order valence-electron chi connectivity index (χ4n) is 3.66. The summed E-state index contributed by atoms with van der Waals surface area (Å²) < 4.78 is 7.17. The molecule has 136 valence electrons. The first-order valence-corrected chi connectivity index (χ1v) is 8.87. The Morgan fingerprint density at radius 2 is 2.15 bits per heavy atom. The molecule has 0 aliphatic heterocycles. The molecule has 2 heterocycles. The van der Waals surface area contributed by atoms with E-state index in [9.17, 15) is 5.11 Å². The van der Waals surface area contributed by atoms with Crippen LogP contribution in [0.3, 0.4) is 0 Å². The van der Waals surface area contributed by atoms with Crippen LogP contribution in [0.1, 0.15) is 18.5 Å². The molecule has 2 N–H and O–H groups in total. The highest BCUT2D eigenvalue weighted by molar-refractivity contribution is 5.78. The average molecular weight is 353 g/mol. The number of ether oxygens (including phenoxy) is 1. The molecule has 3 atom stereocenters. The number of hydrogen-bond donors (Lipinski definition) is 2. The third-order valence-electron chi connectivity index (χ3n) is 5.00. The highest BCUT2D eigenvalue weighted by Gasteiger charge is 2.33. The van der Waals surface area contributed by atoms with Crippen molar-refractivity contribution in [1.82, 2.24) is 19.7 Å². The van der Waals surface area contributed by atoms with Crippen molar-refractivity contribution in [2.24, 2.45) is 5.92 Å². The molecule has 4 rings (SSSR count). The largest absolute Gasteiger partial charge is 0.497 e. The lowest BCUT2D eigenvalue weighted by Gasteiger charge is -2.18. The number of hydrogen-bond acceptors (Lipinski definition) is 6. The number of nitrogens with zero attached hydrogens (tertiary/aromatic N) is 4. The zero-order chi connectivity index (χ0) is 18.1. The second kappa shape index (κ2) is 6.92. The van der Waals surface area contributed by atoms with E-state index in [-0.39, 0.29) is 6.04 Å². The van der Waals surface area contributed by atoms with Gasteiger partial charge in [-0.05, 0) is 43.9 Å². The Labute approximate surface area is 152 Å². The molecule has 26 heavy (non-hydrogen) atoms. The number of rotatable bonds is 5.